The Morgan fingerprint density at radius 3 is 2.71 bits per heavy atom. The number of hydrogen-bond acceptors (Lipinski definition) is 4. The van der Waals surface area contributed by atoms with Gasteiger partial charge in [0.05, 0.1) is 0 Å². The Morgan fingerprint density at radius 1 is 1.24 bits per heavy atom. The Morgan fingerprint density at radius 2 is 2.00 bits per heavy atom. The standard InChI is InChI=1S/C16H25NO3S/c1-4-7-17-14(10-21(18)9-12(2)3)13-5-6-15-16(8-13)20-11-19-15/h5-6,8,12,14,17H,4,7,9-11H2,1-3H3. The van der Waals surface area contributed by atoms with Gasteiger partial charge in [-0.25, -0.2) is 0 Å². The van der Waals surface area contributed by atoms with Gasteiger partial charge in [-0.05, 0) is 36.6 Å². The first-order valence-electron chi connectivity index (χ1n) is 7.58. The lowest BCUT2D eigenvalue weighted by atomic mass is 10.1. The van der Waals surface area contributed by atoms with Crippen molar-refractivity contribution >= 4 is 10.8 Å². The molecular weight excluding hydrogens is 286 g/mol. The summed E-state index contributed by atoms with van der Waals surface area (Å²) in [7, 11) is -0.817. The van der Waals surface area contributed by atoms with Gasteiger partial charge < -0.3 is 14.8 Å². The largest absolute Gasteiger partial charge is 0.454 e. The monoisotopic (exact) mass is 311 g/mol. The zero-order valence-corrected chi connectivity index (χ0v) is 13.9. The first-order valence-corrected chi connectivity index (χ1v) is 9.06. The van der Waals surface area contributed by atoms with Crippen molar-refractivity contribution in [2.45, 2.75) is 33.2 Å². The van der Waals surface area contributed by atoms with Crippen LogP contribution < -0.4 is 14.8 Å². The van der Waals surface area contributed by atoms with Crippen molar-refractivity contribution in [1.82, 2.24) is 5.32 Å². The van der Waals surface area contributed by atoms with Gasteiger partial charge in [-0.3, -0.25) is 4.21 Å². The summed E-state index contributed by atoms with van der Waals surface area (Å²) in [5, 5.41) is 3.49. The molecule has 1 aliphatic rings. The quantitative estimate of drug-likeness (QED) is 0.802. The normalized spacial score (nSPS) is 16.2. The van der Waals surface area contributed by atoms with E-state index in [0.29, 0.717) is 11.7 Å². The fourth-order valence-corrected chi connectivity index (χ4v) is 3.91. The van der Waals surface area contributed by atoms with Crippen LogP contribution in [0, 0.1) is 5.92 Å². The van der Waals surface area contributed by atoms with Crippen LogP contribution in [0.1, 0.15) is 38.8 Å². The predicted molar refractivity (Wildman–Crippen MR) is 86.3 cm³/mol. The van der Waals surface area contributed by atoms with Gasteiger partial charge in [-0.15, -0.1) is 0 Å². The summed E-state index contributed by atoms with van der Waals surface area (Å²) >= 11 is 0. The van der Waals surface area contributed by atoms with E-state index >= 15 is 0 Å². The van der Waals surface area contributed by atoms with Crippen LogP contribution in [0.25, 0.3) is 0 Å². The van der Waals surface area contributed by atoms with Gasteiger partial charge in [0.25, 0.3) is 0 Å². The van der Waals surface area contributed by atoms with Crippen LogP contribution in [-0.2, 0) is 10.8 Å². The molecule has 118 valence electrons. The highest BCUT2D eigenvalue weighted by atomic mass is 32.2. The van der Waals surface area contributed by atoms with Crippen molar-refractivity contribution in [3.05, 3.63) is 23.8 Å². The Kier molecular flexibility index (Phi) is 6.06. The molecule has 0 spiro atoms. The molecule has 0 fully saturated rings. The minimum absolute atomic E-state index is 0.0963. The molecule has 1 aromatic carbocycles. The maximum Gasteiger partial charge on any atom is 0.231 e. The number of rotatable bonds is 8. The molecule has 1 aromatic rings. The van der Waals surface area contributed by atoms with E-state index in [2.05, 4.69) is 26.1 Å². The van der Waals surface area contributed by atoms with Crippen molar-refractivity contribution in [2.24, 2.45) is 5.92 Å². The maximum atomic E-state index is 12.2. The summed E-state index contributed by atoms with van der Waals surface area (Å²) in [4.78, 5) is 0. The van der Waals surface area contributed by atoms with Crippen molar-refractivity contribution in [2.75, 3.05) is 24.8 Å². The minimum Gasteiger partial charge on any atom is -0.454 e. The number of ether oxygens (including phenoxy) is 2. The fraction of sp³-hybridized carbons (Fsp3) is 0.625. The second-order valence-electron chi connectivity index (χ2n) is 5.79. The lowest BCUT2D eigenvalue weighted by Crippen LogP contribution is -2.28. The molecule has 0 aromatic heterocycles. The Balaban J connectivity index is 2.09. The summed E-state index contributed by atoms with van der Waals surface area (Å²) in [5.41, 5.74) is 1.12. The third-order valence-corrected chi connectivity index (χ3v) is 5.06. The predicted octanol–water partition coefficient (Wildman–Crippen LogP) is 2.86. The molecule has 1 N–H and O–H groups in total. The van der Waals surface area contributed by atoms with Gasteiger partial charge in [-0.1, -0.05) is 26.8 Å². The zero-order chi connectivity index (χ0) is 15.2. The van der Waals surface area contributed by atoms with E-state index < -0.39 is 10.8 Å². The Hall–Kier alpha value is -1.07. The average molecular weight is 311 g/mol. The van der Waals surface area contributed by atoms with Gasteiger partial charge in [0.15, 0.2) is 11.5 Å². The molecule has 2 rings (SSSR count). The summed E-state index contributed by atoms with van der Waals surface area (Å²) in [5.74, 6) is 3.41. The van der Waals surface area contributed by atoms with Gasteiger partial charge in [0.1, 0.15) is 0 Å². The van der Waals surface area contributed by atoms with Crippen LogP contribution in [0.2, 0.25) is 0 Å². The third kappa shape index (κ3) is 4.71. The number of fused-ring (bicyclic) bond motifs is 1. The summed E-state index contributed by atoms with van der Waals surface area (Å²) in [6.07, 6.45) is 1.05. The lowest BCUT2D eigenvalue weighted by Gasteiger charge is -2.19. The summed E-state index contributed by atoms with van der Waals surface area (Å²) in [6, 6.07) is 6.07. The maximum absolute atomic E-state index is 12.2. The summed E-state index contributed by atoms with van der Waals surface area (Å²) in [6.45, 7) is 7.54. The van der Waals surface area contributed by atoms with Crippen LogP contribution in [-0.4, -0.2) is 29.1 Å². The molecule has 0 saturated heterocycles. The highest BCUT2D eigenvalue weighted by Crippen LogP contribution is 2.34. The number of benzene rings is 1. The van der Waals surface area contributed by atoms with Crippen LogP contribution in [0.3, 0.4) is 0 Å². The molecule has 0 aliphatic carbocycles. The second kappa shape index (κ2) is 7.80. The van der Waals surface area contributed by atoms with Gasteiger partial charge >= 0.3 is 0 Å². The zero-order valence-electron chi connectivity index (χ0n) is 13.1. The van der Waals surface area contributed by atoms with E-state index in [1.54, 1.807) is 0 Å². The van der Waals surface area contributed by atoms with E-state index in [1.165, 1.54) is 0 Å². The third-order valence-electron chi connectivity index (χ3n) is 3.31. The molecule has 0 bridgehead atoms. The average Bonchev–Trinajstić information content (AvgIpc) is 2.89. The molecule has 1 aliphatic heterocycles. The van der Waals surface area contributed by atoms with Crippen LogP contribution >= 0.6 is 0 Å². The molecule has 4 nitrogen and oxygen atoms in total. The summed E-state index contributed by atoms with van der Waals surface area (Å²) < 4.78 is 23.0. The smallest absolute Gasteiger partial charge is 0.231 e. The topological polar surface area (TPSA) is 47.6 Å². The minimum atomic E-state index is -0.817. The van der Waals surface area contributed by atoms with Crippen molar-refractivity contribution in [3.8, 4) is 11.5 Å². The van der Waals surface area contributed by atoms with E-state index in [-0.39, 0.29) is 12.8 Å². The van der Waals surface area contributed by atoms with Crippen LogP contribution in [0.5, 0.6) is 11.5 Å². The van der Waals surface area contributed by atoms with E-state index in [1.807, 2.05) is 18.2 Å². The molecule has 1 heterocycles. The first kappa shape index (κ1) is 16.3. The molecule has 21 heavy (non-hydrogen) atoms. The van der Waals surface area contributed by atoms with Gasteiger partial charge in [0, 0.05) is 28.3 Å². The molecule has 2 unspecified atom stereocenters. The molecule has 0 amide bonds. The SMILES string of the molecule is CCCNC(CS(=O)CC(C)C)c1ccc2c(c1)OCO2. The highest BCUT2D eigenvalue weighted by Gasteiger charge is 2.19. The molecular formula is C16H25NO3S. The molecule has 2 atom stereocenters. The van der Waals surface area contributed by atoms with Crippen molar-refractivity contribution in [3.63, 3.8) is 0 Å². The van der Waals surface area contributed by atoms with Gasteiger partial charge in [-0.2, -0.15) is 0 Å². The first-order chi connectivity index (χ1) is 10.1. The molecule has 0 radical (unpaired) electrons. The Bertz CT molecular complexity index is 490. The van der Waals surface area contributed by atoms with E-state index in [0.717, 1.165) is 35.8 Å². The van der Waals surface area contributed by atoms with E-state index in [9.17, 15) is 4.21 Å². The van der Waals surface area contributed by atoms with Crippen molar-refractivity contribution in [1.29, 1.82) is 0 Å². The molecule has 0 saturated carbocycles. The number of nitrogens with one attached hydrogen (secondary N) is 1. The molecule has 5 heteroatoms. The fourth-order valence-electron chi connectivity index (χ4n) is 2.35. The second-order valence-corrected chi connectivity index (χ2v) is 7.33. The lowest BCUT2D eigenvalue weighted by molar-refractivity contribution is 0.174. The van der Waals surface area contributed by atoms with E-state index in [4.69, 9.17) is 9.47 Å². The number of hydrogen-bond donors (Lipinski definition) is 1. The highest BCUT2D eigenvalue weighted by molar-refractivity contribution is 7.85. The Labute approximate surface area is 129 Å². The van der Waals surface area contributed by atoms with Crippen LogP contribution in [0.15, 0.2) is 18.2 Å². The van der Waals surface area contributed by atoms with Gasteiger partial charge in [0.2, 0.25) is 6.79 Å². The van der Waals surface area contributed by atoms with Crippen molar-refractivity contribution < 1.29 is 13.7 Å². The van der Waals surface area contributed by atoms with Crippen LogP contribution in [0.4, 0.5) is 0 Å².